The fourth-order valence-electron chi connectivity index (χ4n) is 2.74. The molecule has 3 rings (SSSR count). The minimum atomic E-state index is 0.646. The number of halogens is 1. The van der Waals surface area contributed by atoms with Crippen LogP contribution in [-0.2, 0) is 6.54 Å². The largest absolute Gasteiger partial charge is 0.295 e. The summed E-state index contributed by atoms with van der Waals surface area (Å²) in [5.41, 5.74) is 2.45. The number of rotatable bonds is 5. The highest BCUT2D eigenvalue weighted by atomic mass is 35.5. The average molecular weight is 340 g/mol. The van der Waals surface area contributed by atoms with Crippen LogP contribution in [-0.4, -0.2) is 42.3 Å². The molecule has 3 nitrogen and oxygen atoms in total. The molecule has 0 atom stereocenters. The Bertz CT molecular complexity index is 675. The van der Waals surface area contributed by atoms with Crippen molar-refractivity contribution >= 4 is 23.9 Å². The first-order valence-electron chi connectivity index (χ1n) is 8.27. The van der Waals surface area contributed by atoms with Crippen LogP contribution in [0, 0.1) is 0 Å². The van der Waals surface area contributed by atoms with Gasteiger partial charge in [0.2, 0.25) is 0 Å². The lowest BCUT2D eigenvalue weighted by Crippen LogP contribution is -2.43. The summed E-state index contributed by atoms with van der Waals surface area (Å²) >= 11 is 6.25. The number of nitrogens with zero attached hydrogens (tertiary/aromatic N) is 3. The van der Waals surface area contributed by atoms with Crippen molar-refractivity contribution in [3.05, 3.63) is 76.8 Å². The van der Waals surface area contributed by atoms with Gasteiger partial charge in [-0.1, -0.05) is 72.3 Å². The maximum absolute atomic E-state index is 6.25. The average Bonchev–Trinajstić information content (AvgIpc) is 2.63. The van der Waals surface area contributed by atoms with Crippen LogP contribution >= 0.6 is 11.6 Å². The van der Waals surface area contributed by atoms with E-state index >= 15 is 0 Å². The number of benzene rings is 2. The Balaban J connectivity index is 1.47. The lowest BCUT2D eigenvalue weighted by atomic mass is 10.2. The highest BCUT2D eigenvalue weighted by Gasteiger charge is 2.15. The van der Waals surface area contributed by atoms with Gasteiger partial charge < -0.3 is 0 Å². The lowest BCUT2D eigenvalue weighted by Gasteiger charge is -2.33. The van der Waals surface area contributed by atoms with E-state index in [4.69, 9.17) is 11.6 Å². The van der Waals surface area contributed by atoms with Crippen LogP contribution < -0.4 is 0 Å². The molecule has 2 aromatic rings. The van der Waals surface area contributed by atoms with Gasteiger partial charge in [0.15, 0.2) is 0 Å². The molecule has 0 aromatic heterocycles. The monoisotopic (exact) mass is 339 g/mol. The molecule has 0 amide bonds. The van der Waals surface area contributed by atoms with Crippen LogP contribution in [0.4, 0.5) is 0 Å². The Hall–Kier alpha value is -2.10. The molecule has 2 aromatic carbocycles. The van der Waals surface area contributed by atoms with Gasteiger partial charge in [0, 0.05) is 32.7 Å². The smallest absolute Gasteiger partial charge is 0.0657 e. The van der Waals surface area contributed by atoms with Crippen molar-refractivity contribution in [1.29, 1.82) is 0 Å². The van der Waals surface area contributed by atoms with Gasteiger partial charge in [0.1, 0.15) is 0 Å². The van der Waals surface area contributed by atoms with Gasteiger partial charge in [-0.25, -0.2) is 0 Å². The number of hydrazone groups is 1. The SMILES string of the molecule is ClC(/C=N/N1CCN(Cc2ccccc2)CC1)=C/c1ccccc1. The Morgan fingerprint density at radius 3 is 2.21 bits per heavy atom. The molecule has 1 aliphatic rings. The van der Waals surface area contributed by atoms with E-state index in [9.17, 15) is 0 Å². The van der Waals surface area contributed by atoms with Crippen molar-refractivity contribution in [1.82, 2.24) is 9.91 Å². The summed E-state index contributed by atoms with van der Waals surface area (Å²) in [7, 11) is 0. The minimum absolute atomic E-state index is 0.646. The second kappa shape index (κ2) is 8.67. The highest BCUT2D eigenvalue weighted by molar-refractivity contribution is 6.41. The van der Waals surface area contributed by atoms with Crippen LogP contribution in [0.15, 0.2) is 70.8 Å². The molecule has 0 radical (unpaired) electrons. The standard InChI is InChI=1S/C20H22ClN3/c21-20(15-18-7-3-1-4-8-18)16-22-24-13-11-23(12-14-24)17-19-9-5-2-6-10-19/h1-10,15-16H,11-14,17H2/b20-15+,22-16+. The predicted molar refractivity (Wildman–Crippen MR) is 102 cm³/mol. The van der Waals surface area contributed by atoms with E-state index in [-0.39, 0.29) is 0 Å². The summed E-state index contributed by atoms with van der Waals surface area (Å²) in [5, 5.41) is 7.23. The first kappa shape index (κ1) is 16.7. The Morgan fingerprint density at radius 2 is 1.54 bits per heavy atom. The molecule has 1 saturated heterocycles. The molecule has 1 heterocycles. The molecule has 0 N–H and O–H groups in total. The summed E-state index contributed by atoms with van der Waals surface area (Å²) in [6.07, 6.45) is 3.66. The quantitative estimate of drug-likeness (QED) is 0.765. The number of hydrogen-bond donors (Lipinski definition) is 0. The molecule has 1 fully saturated rings. The molecule has 124 valence electrons. The molecule has 0 saturated carbocycles. The van der Waals surface area contributed by atoms with E-state index in [1.54, 1.807) is 6.21 Å². The molecule has 0 unspecified atom stereocenters. The molecular weight excluding hydrogens is 318 g/mol. The summed E-state index contributed by atoms with van der Waals surface area (Å²) in [6.45, 7) is 4.91. The van der Waals surface area contributed by atoms with Crippen LogP contribution in [0.2, 0.25) is 0 Å². The topological polar surface area (TPSA) is 18.8 Å². The van der Waals surface area contributed by atoms with Gasteiger partial charge in [0.05, 0.1) is 11.2 Å². The van der Waals surface area contributed by atoms with Crippen molar-refractivity contribution in [3.63, 3.8) is 0 Å². The molecule has 0 bridgehead atoms. The fourth-order valence-corrected chi connectivity index (χ4v) is 2.90. The van der Waals surface area contributed by atoms with E-state index in [2.05, 4.69) is 45.3 Å². The van der Waals surface area contributed by atoms with E-state index < -0.39 is 0 Å². The Labute approximate surface area is 148 Å². The van der Waals surface area contributed by atoms with Crippen LogP contribution in [0.5, 0.6) is 0 Å². The summed E-state index contributed by atoms with van der Waals surface area (Å²) in [6, 6.07) is 20.7. The summed E-state index contributed by atoms with van der Waals surface area (Å²) < 4.78 is 0. The second-order valence-corrected chi connectivity index (χ2v) is 6.34. The van der Waals surface area contributed by atoms with Gasteiger partial charge in [-0.3, -0.25) is 9.91 Å². The third kappa shape index (κ3) is 5.22. The number of piperazine rings is 1. The van der Waals surface area contributed by atoms with Gasteiger partial charge in [-0.2, -0.15) is 5.10 Å². The Kier molecular flexibility index (Phi) is 6.05. The van der Waals surface area contributed by atoms with Crippen LogP contribution in [0.1, 0.15) is 11.1 Å². The van der Waals surface area contributed by atoms with Crippen molar-refractivity contribution in [3.8, 4) is 0 Å². The van der Waals surface area contributed by atoms with Crippen LogP contribution in [0.25, 0.3) is 6.08 Å². The normalized spacial score (nSPS) is 16.7. The number of allylic oxidation sites excluding steroid dienone is 1. The first-order chi connectivity index (χ1) is 11.8. The molecule has 24 heavy (non-hydrogen) atoms. The third-order valence-corrected chi connectivity index (χ3v) is 4.25. The van der Waals surface area contributed by atoms with Crippen LogP contribution in [0.3, 0.4) is 0 Å². The third-order valence-electron chi connectivity index (χ3n) is 4.05. The lowest BCUT2D eigenvalue weighted by molar-refractivity contribution is 0.131. The zero-order chi connectivity index (χ0) is 16.6. The predicted octanol–water partition coefficient (Wildman–Crippen LogP) is 4.07. The second-order valence-electron chi connectivity index (χ2n) is 5.90. The van der Waals surface area contributed by atoms with Gasteiger partial charge in [-0.05, 0) is 17.2 Å². The van der Waals surface area contributed by atoms with E-state index in [0.717, 1.165) is 38.3 Å². The molecular formula is C20H22ClN3. The molecule has 4 heteroatoms. The van der Waals surface area contributed by atoms with Crippen molar-refractivity contribution in [2.24, 2.45) is 5.10 Å². The number of hydrogen-bond acceptors (Lipinski definition) is 3. The van der Waals surface area contributed by atoms with E-state index in [1.807, 2.05) is 36.4 Å². The van der Waals surface area contributed by atoms with Gasteiger partial charge >= 0.3 is 0 Å². The van der Waals surface area contributed by atoms with Gasteiger partial charge in [-0.15, -0.1) is 0 Å². The van der Waals surface area contributed by atoms with Gasteiger partial charge in [0.25, 0.3) is 0 Å². The Morgan fingerprint density at radius 1 is 0.917 bits per heavy atom. The minimum Gasteiger partial charge on any atom is -0.295 e. The zero-order valence-corrected chi connectivity index (χ0v) is 14.4. The first-order valence-corrected chi connectivity index (χ1v) is 8.65. The molecule has 1 aliphatic heterocycles. The van der Waals surface area contributed by atoms with Crippen molar-refractivity contribution in [2.75, 3.05) is 26.2 Å². The molecule has 0 spiro atoms. The van der Waals surface area contributed by atoms with Crippen molar-refractivity contribution in [2.45, 2.75) is 6.54 Å². The van der Waals surface area contributed by atoms with E-state index in [1.165, 1.54) is 5.56 Å². The maximum atomic E-state index is 6.25. The molecule has 0 aliphatic carbocycles. The summed E-state index contributed by atoms with van der Waals surface area (Å²) in [5.74, 6) is 0. The highest BCUT2D eigenvalue weighted by Crippen LogP contribution is 2.11. The summed E-state index contributed by atoms with van der Waals surface area (Å²) in [4.78, 5) is 2.46. The fraction of sp³-hybridized carbons (Fsp3) is 0.250. The van der Waals surface area contributed by atoms with E-state index in [0.29, 0.717) is 5.03 Å². The zero-order valence-electron chi connectivity index (χ0n) is 13.7. The maximum Gasteiger partial charge on any atom is 0.0657 e. The van der Waals surface area contributed by atoms with Crippen molar-refractivity contribution < 1.29 is 0 Å².